The number of rotatable bonds is 2. The van der Waals surface area contributed by atoms with E-state index in [0.717, 1.165) is 45.9 Å². The van der Waals surface area contributed by atoms with Crippen molar-refractivity contribution in [3.05, 3.63) is 45.5 Å². The summed E-state index contributed by atoms with van der Waals surface area (Å²) >= 11 is 0. The normalized spacial score (nSPS) is 12.4. The standard InChI is InChI=1S/C15H26N2.C13H22N2/c1-9-12(16)10(14(2,3)4)8-11(13(9)17)15(5,6)7;1-6-13(4,5)10-7-8(2)11(14)9(3)12(10)15/h8H,16-17H2,1-7H3;7H,6,14-15H2,1-5H3. The molecule has 0 saturated heterocycles. The van der Waals surface area contributed by atoms with E-state index >= 15 is 0 Å². The van der Waals surface area contributed by atoms with E-state index in [0.29, 0.717) is 0 Å². The number of hydrogen-bond acceptors (Lipinski definition) is 4. The fourth-order valence-corrected chi connectivity index (χ4v) is 3.86. The zero-order valence-electron chi connectivity index (χ0n) is 22.7. The van der Waals surface area contributed by atoms with Crippen molar-refractivity contribution in [3.63, 3.8) is 0 Å². The molecule has 4 nitrogen and oxygen atoms in total. The summed E-state index contributed by atoms with van der Waals surface area (Å²) in [6.45, 7) is 25.7. The summed E-state index contributed by atoms with van der Waals surface area (Å²) < 4.78 is 0. The Morgan fingerprint density at radius 3 is 1.25 bits per heavy atom. The Bertz CT molecular complexity index is 933. The molecule has 4 heteroatoms. The molecule has 0 unspecified atom stereocenters. The van der Waals surface area contributed by atoms with Crippen LogP contribution in [0.15, 0.2) is 12.1 Å². The zero-order chi connectivity index (χ0) is 25.4. The van der Waals surface area contributed by atoms with Gasteiger partial charge in [-0.25, -0.2) is 0 Å². The second-order valence-corrected chi connectivity index (χ2v) is 11.9. The third-order valence-electron chi connectivity index (χ3n) is 6.79. The van der Waals surface area contributed by atoms with Gasteiger partial charge in [0, 0.05) is 22.7 Å². The van der Waals surface area contributed by atoms with Crippen LogP contribution in [0.1, 0.15) is 102 Å². The lowest BCUT2D eigenvalue weighted by molar-refractivity contribution is 0.507. The van der Waals surface area contributed by atoms with E-state index in [9.17, 15) is 0 Å². The lowest BCUT2D eigenvalue weighted by Gasteiger charge is -2.29. The quantitative estimate of drug-likeness (QED) is 0.381. The molecular weight excluding hydrogens is 392 g/mol. The number of anilines is 4. The molecule has 180 valence electrons. The van der Waals surface area contributed by atoms with Crippen LogP contribution in [0.3, 0.4) is 0 Å². The van der Waals surface area contributed by atoms with E-state index < -0.39 is 0 Å². The molecule has 2 rings (SSSR count). The highest BCUT2D eigenvalue weighted by Crippen LogP contribution is 2.39. The van der Waals surface area contributed by atoms with Crippen LogP contribution < -0.4 is 22.9 Å². The first-order valence-corrected chi connectivity index (χ1v) is 11.6. The van der Waals surface area contributed by atoms with Gasteiger partial charge >= 0.3 is 0 Å². The van der Waals surface area contributed by atoms with E-state index in [1.807, 2.05) is 20.8 Å². The molecule has 0 heterocycles. The second kappa shape index (κ2) is 9.25. The van der Waals surface area contributed by atoms with Gasteiger partial charge in [0.2, 0.25) is 0 Å². The van der Waals surface area contributed by atoms with Crippen LogP contribution >= 0.6 is 0 Å². The van der Waals surface area contributed by atoms with Crippen LogP contribution in [0.25, 0.3) is 0 Å². The van der Waals surface area contributed by atoms with Gasteiger partial charge in [0.1, 0.15) is 0 Å². The number of nitrogens with two attached hydrogens (primary N) is 4. The topological polar surface area (TPSA) is 104 Å². The number of aryl methyl sites for hydroxylation is 1. The Morgan fingerprint density at radius 1 is 0.562 bits per heavy atom. The van der Waals surface area contributed by atoms with E-state index in [-0.39, 0.29) is 16.2 Å². The number of hydrogen-bond donors (Lipinski definition) is 4. The molecule has 2 aromatic rings. The molecule has 0 fully saturated rings. The molecule has 8 N–H and O–H groups in total. The number of nitrogen functional groups attached to an aromatic ring is 4. The predicted octanol–water partition coefficient (Wildman–Crippen LogP) is 6.91. The van der Waals surface area contributed by atoms with E-state index in [4.69, 9.17) is 22.9 Å². The van der Waals surface area contributed by atoms with Gasteiger partial charge in [0.25, 0.3) is 0 Å². The molecule has 0 radical (unpaired) electrons. The molecular formula is C28H48N4. The Morgan fingerprint density at radius 2 is 0.906 bits per heavy atom. The van der Waals surface area contributed by atoms with Crippen LogP contribution in [0.5, 0.6) is 0 Å². The minimum Gasteiger partial charge on any atom is -0.398 e. The van der Waals surface area contributed by atoms with Gasteiger partial charge in [-0.1, -0.05) is 74.4 Å². The first kappa shape index (κ1) is 27.7. The maximum atomic E-state index is 6.20. The lowest BCUT2D eigenvalue weighted by Crippen LogP contribution is -2.21. The van der Waals surface area contributed by atoms with Crippen molar-refractivity contribution in [2.24, 2.45) is 0 Å². The third-order valence-corrected chi connectivity index (χ3v) is 6.79. The van der Waals surface area contributed by atoms with Gasteiger partial charge in [-0.15, -0.1) is 0 Å². The van der Waals surface area contributed by atoms with Crippen molar-refractivity contribution in [3.8, 4) is 0 Å². The minimum absolute atomic E-state index is 0.0442. The first-order chi connectivity index (χ1) is 14.3. The van der Waals surface area contributed by atoms with Gasteiger partial charge in [-0.05, 0) is 76.8 Å². The summed E-state index contributed by atoms with van der Waals surface area (Å²) in [4.78, 5) is 0. The maximum Gasteiger partial charge on any atom is 0.0402 e. The van der Waals surface area contributed by atoms with Crippen molar-refractivity contribution < 1.29 is 0 Å². The molecule has 0 bridgehead atoms. The third kappa shape index (κ3) is 5.70. The van der Waals surface area contributed by atoms with E-state index in [1.165, 1.54) is 16.7 Å². The van der Waals surface area contributed by atoms with Gasteiger partial charge in [-0.2, -0.15) is 0 Å². The molecule has 0 saturated carbocycles. The molecule has 0 spiro atoms. The SMILES string of the molecule is CCC(C)(C)c1cc(C)c(N)c(C)c1N.Cc1c(N)c(C(C)(C)C)cc(C(C)(C)C)c1N. The fraction of sp³-hybridized carbons (Fsp3) is 0.571. The Labute approximate surface area is 197 Å². The highest BCUT2D eigenvalue weighted by atomic mass is 14.7. The Kier molecular flexibility index (Phi) is 8.00. The molecule has 0 amide bonds. The van der Waals surface area contributed by atoms with Crippen LogP contribution in [0.2, 0.25) is 0 Å². The Hall–Kier alpha value is -2.36. The van der Waals surface area contributed by atoms with Gasteiger partial charge in [0.15, 0.2) is 0 Å². The highest BCUT2D eigenvalue weighted by Gasteiger charge is 2.26. The monoisotopic (exact) mass is 440 g/mol. The van der Waals surface area contributed by atoms with Gasteiger partial charge in [-0.3, -0.25) is 0 Å². The Balaban J connectivity index is 0.000000323. The van der Waals surface area contributed by atoms with Crippen molar-refractivity contribution in [2.45, 2.75) is 106 Å². The summed E-state index contributed by atoms with van der Waals surface area (Å²) in [7, 11) is 0. The van der Waals surface area contributed by atoms with Gasteiger partial charge in [0.05, 0.1) is 0 Å². The highest BCUT2D eigenvalue weighted by molar-refractivity contribution is 5.71. The molecule has 32 heavy (non-hydrogen) atoms. The average molecular weight is 441 g/mol. The van der Waals surface area contributed by atoms with Gasteiger partial charge < -0.3 is 22.9 Å². The molecule has 0 aliphatic heterocycles. The number of benzene rings is 2. The second-order valence-electron chi connectivity index (χ2n) is 11.9. The van der Waals surface area contributed by atoms with Crippen LogP contribution in [-0.4, -0.2) is 0 Å². The summed E-state index contributed by atoms with van der Waals surface area (Å²) in [5, 5.41) is 0. The van der Waals surface area contributed by atoms with Crippen molar-refractivity contribution in [1.82, 2.24) is 0 Å². The summed E-state index contributed by atoms with van der Waals surface area (Å²) in [5.74, 6) is 0. The molecule has 2 aromatic carbocycles. The van der Waals surface area contributed by atoms with Crippen molar-refractivity contribution in [2.75, 3.05) is 22.9 Å². The molecule has 0 aliphatic rings. The molecule has 0 atom stereocenters. The van der Waals surface area contributed by atoms with Crippen LogP contribution in [0.4, 0.5) is 22.7 Å². The van der Waals surface area contributed by atoms with E-state index in [1.54, 1.807) is 0 Å². The summed E-state index contributed by atoms with van der Waals surface area (Å²) in [5.41, 5.74) is 34.8. The van der Waals surface area contributed by atoms with Crippen LogP contribution in [0, 0.1) is 20.8 Å². The summed E-state index contributed by atoms with van der Waals surface area (Å²) in [6, 6.07) is 4.30. The maximum absolute atomic E-state index is 6.20. The molecule has 0 aromatic heterocycles. The summed E-state index contributed by atoms with van der Waals surface area (Å²) in [6.07, 6.45) is 1.07. The fourth-order valence-electron chi connectivity index (χ4n) is 3.86. The lowest BCUT2D eigenvalue weighted by atomic mass is 9.77. The van der Waals surface area contributed by atoms with Crippen molar-refractivity contribution >= 4 is 22.7 Å². The smallest absolute Gasteiger partial charge is 0.0402 e. The molecule has 0 aliphatic carbocycles. The predicted molar refractivity (Wildman–Crippen MR) is 145 cm³/mol. The average Bonchev–Trinajstić information content (AvgIpc) is 2.65. The van der Waals surface area contributed by atoms with E-state index in [2.05, 4.69) is 74.4 Å². The van der Waals surface area contributed by atoms with Crippen LogP contribution in [-0.2, 0) is 16.2 Å². The van der Waals surface area contributed by atoms with Crippen molar-refractivity contribution in [1.29, 1.82) is 0 Å². The zero-order valence-corrected chi connectivity index (χ0v) is 22.7. The first-order valence-electron chi connectivity index (χ1n) is 11.6. The minimum atomic E-state index is 0.0442. The largest absolute Gasteiger partial charge is 0.398 e.